The maximum absolute atomic E-state index is 12.9. The third kappa shape index (κ3) is 10.5. The molecule has 1 aliphatic heterocycles. The van der Waals surface area contributed by atoms with Crippen molar-refractivity contribution in [3.63, 3.8) is 0 Å². The van der Waals surface area contributed by atoms with Crippen molar-refractivity contribution >= 4 is 11.8 Å². The van der Waals surface area contributed by atoms with Crippen molar-refractivity contribution in [3.8, 4) is 0 Å². The number of hydrogen-bond donors (Lipinski definition) is 6. The van der Waals surface area contributed by atoms with E-state index >= 15 is 0 Å². The van der Waals surface area contributed by atoms with Gasteiger partial charge in [-0.25, -0.2) is 0 Å². The van der Waals surface area contributed by atoms with Crippen LogP contribution in [0.3, 0.4) is 0 Å². The van der Waals surface area contributed by atoms with Crippen LogP contribution in [-0.2, 0) is 9.59 Å². The first-order chi connectivity index (χ1) is 16.2. The summed E-state index contributed by atoms with van der Waals surface area (Å²) in [6.45, 7) is 7.17. The van der Waals surface area contributed by atoms with E-state index in [9.17, 15) is 9.59 Å². The Balaban J connectivity index is 1.65. The van der Waals surface area contributed by atoms with Gasteiger partial charge in [-0.3, -0.25) is 9.59 Å². The largest absolute Gasteiger partial charge is 0.384 e. The van der Waals surface area contributed by atoms with Crippen molar-refractivity contribution in [3.05, 3.63) is 36.1 Å². The molecule has 0 saturated carbocycles. The summed E-state index contributed by atoms with van der Waals surface area (Å²) in [4.78, 5) is 25.1. The first-order valence-corrected chi connectivity index (χ1v) is 12.6. The highest BCUT2D eigenvalue weighted by molar-refractivity contribution is 5.87. The van der Waals surface area contributed by atoms with Gasteiger partial charge >= 0.3 is 0 Å². The fourth-order valence-corrected chi connectivity index (χ4v) is 4.08. The van der Waals surface area contributed by atoms with E-state index < -0.39 is 6.04 Å². The molecule has 0 aromatic carbocycles. The van der Waals surface area contributed by atoms with Gasteiger partial charge in [0.25, 0.3) is 0 Å². The summed E-state index contributed by atoms with van der Waals surface area (Å²) in [5, 5.41) is 16.1. The molecule has 2 aliphatic rings. The Kier molecular flexibility index (Phi) is 13.5. The Hall–Kier alpha value is -2.16. The van der Waals surface area contributed by atoms with Crippen molar-refractivity contribution in [1.82, 2.24) is 26.6 Å². The van der Waals surface area contributed by atoms with E-state index in [0.29, 0.717) is 19.4 Å². The first kappa shape index (κ1) is 27.1. The summed E-state index contributed by atoms with van der Waals surface area (Å²) in [5.74, 6) is 0.0650. The van der Waals surface area contributed by atoms with Gasteiger partial charge in [-0.2, -0.15) is 0 Å². The third-order valence-electron chi connectivity index (χ3n) is 5.94. The van der Waals surface area contributed by atoms with Crippen LogP contribution in [0.5, 0.6) is 0 Å². The lowest BCUT2D eigenvalue weighted by atomic mass is 9.88. The van der Waals surface area contributed by atoms with Crippen molar-refractivity contribution in [2.75, 3.05) is 39.3 Å². The molecular weight excluding hydrogens is 416 g/mol. The Morgan fingerprint density at radius 3 is 2.42 bits per heavy atom. The zero-order valence-corrected chi connectivity index (χ0v) is 20.2. The second kappa shape index (κ2) is 16.5. The molecule has 0 radical (unpaired) electrons. The fraction of sp³-hybridized carbons (Fsp3) is 0.680. The maximum Gasteiger partial charge on any atom is 0.242 e. The highest BCUT2D eigenvalue weighted by Crippen LogP contribution is 2.29. The van der Waals surface area contributed by atoms with Crippen LogP contribution in [0.4, 0.5) is 0 Å². The minimum absolute atomic E-state index is 0.0703. The van der Waals surface area contributed by atoms with E-state index in [2.05, 4.69) is 38.7 Å². The summed E-state index contributed by atoms with van der Waals surface area (Å²) < 4.78 is 0. The molecule has 8 heteroatoms. The summed E-state index contributed by atoms with van der Waals surface area (Å²) >= 11 is 0. The second-order valence-electron chi connectivity index (χ2n) is 8.78. The number of hydrogen-bond acceptors (Lipinski definition) is 6. The van der Waals surface area contributed by atoms with Gasteiger partial charge in [0, 0.05) is 18.9 Å². The molecule has 8 nitrogen and oxygen atoms in total. The van der Waals surface area contributed by atoms with Crippen molar-refractivity contribution in [1.29, 1.82) is 0 Å². The number of carbonyl (C=O) groups excluding carboxylic acids is 2. The lowest BCUT2D eigenvalue weighted by Crippen LogP contribution is -2.47. The molecule has 0 aromatic heterocycles. The number of rotatable bonds is 18. The molecule has 0 aromatic rings. The molecule has 7 N–H and O–H groups in total. The van der Waals surface area contributed by atoms with E-state index in [-0.39, 0.29) is 23.8 Å². The van der Waals surface area contributed by atoms with Crippen LogP contribution in [0, 0.1) is 5.92 Å². The maximum atomic E-state index is 12.9. The van der Waals surface area contributed by atoms with Gasteiger partial charge in [-0.05, 0) is 83.0 Å². The van der Waals surface area contributed by atoms with Gasteiger partial charge in [-0.1, -0.05) is 31.2 Å². The first-order valence-electron chi connectivity index (χ1n) is 12.6. The average molecular weight is 461 g/mol. The number of amides is 2. The smallest absolute Gasteiger partial charge is 0.242 e. The van der Waals surface area contributed by atoms with Crippen LogP contribution in [0.25, 0.3) is 0 Å². The molecule has 2 rings (SSSR count). The Morgan fingerprint density at radius 1 is 1.00 bits per heavy atom. The molecule has 0 saturated heterocycles. The van der Waals surface area contributed by atoms with E-state index in [1.165, 1.54) is 0 Å². The van der Waals surface area contributed by atoms with Crippen LogP contribution in [0.15, 0.2) is 36.1 Å². The lowest BCUT2D eigenvalue weighted by Gasteiger charge is -2.23. The summed E-state index contributed by atoms with van der Waals surface area (Å²) in [6.07, 6.45) is 16.2. The van der Waals surface area contributed by atoms with Crippen molar-refractivity contribution < 1.29 is 9.59 Å². The van der Waals surface area contributed by atoms with Crippen LogP contribution in [0.1, 0.15) is 51.9 Å². The Morgan fingerprint density at radius 2 is 1.70 bits per heavy atom. The molecule has 1 heterocycles. The van der Waals surface area contributed by atoms with E-state index in [1.807, 2.05) is 25.3 Å². The van der Waals surface area contributed by atoms with Crippen LogP contribution in [0.2, 0.25) is 0 Å². The summed E-state index contributed by atoms with van der Waals surface area (Å²) in [5.41, 5.74) is 6.62. The number of fused-ring (bicyclic) bond motifs is 1. The number of carbonyl (C=O) groups is 2. The normalized spacial score (nSPS) is 19.5. The minimum Gasteiger partial charge on any atom is -0.384 e. The number of unbranched alkanes of at least 4 members (excludes halogenated alkanes) is 1. The number of allylic oxidation sites excluding steroid dienone is 2. The van der Waals surface area contributed by atoms with Gasteiger partial charge in [0.05, 0.1) is 6.04 Å². The van der Waals surface area contributed by atoms with Gasteiger partial charge < -0.3 is 32.3 Å². The SMILES string of the molecule is CCCC(=O)N[C@@H](CC1=CNC2C=CC=CC12)C(=O)NCCCNCCCCNCCCN. The van der Waals surface area contributed by atoms with Crippen molar-refractivity contribution in [2.24, 2.45) is 11.7 Å². The molecule has 33 heavy (non-hydrogen) atoms. The molecule has 186 valence electrons. The average Bonchev–Trinajstić information content (AvgIpc) is 3.22. The molecule has 0 spiro atoms. The molecule has 0 bridgehead atoms. The summed E-state index contributed by atoms with van der Waals surface area (Å²) in [6, 6.07) is -0.303. The quantitative estimate of drug-likeness (QED) is 0.170. The molecular formula is C25H44N6O2. The third-order valence-corrected chi connectivity index (χ3v) is 5.94. The van der Waals surface area contributed by atoms with Crippen LogP contribution in [-0.4, -0.2) is 63.2 Å². The predicted molar refractivity (Wildman–Crippen MR) is 135 cm³/mol. The highest BCUT2D eigenvalue weighted by atomic mass is 16.2. The molecule has 0 fully saturated rings. The standard InChI is InChI=1S/C25H44N6O2/c1-2-9-24(32)31-23(18-20-19-30-22-11-4-3-10-21(20)22)25(33)29-17-8-16-28-14-6-5-13-27-15-7-12-26/h3-4,10-11,19,21-23,27-28,30H,2,5-9,12-18,26H2,1H3,(H,29,33)(H,31,32)/t21?,22?,23-/m0/s1. The van der Waals surface area contributed by atoms with E-state index in [4.69, 9.17) is 5.73 Å². The highest BCUT2D eigenvalue weighted by Gasteiger charge is 2.31. The van der Waals surface area contributed by atoms with Gasteiger partial charge in [0.2, 0.25) is 11.8 Å². The lowest BCUT2D eigenvalue weighted by molar-refractivity contribution is -0.129. The second-order valence-corrected chi connectivity index (χ2v) is 8.78. The monoisotopic (exact) mass is 460 g/mol. The summed E-state index contributed by atoms with van der Waals surface area (Å²) in [7, 11) is 0. The molecule has 2 amide bonds. The zero-order chi connectivity index (χ0) is 23.7. The Labute approximate surface area is 199 Å². The zero-order valence-electron chi connectivity index (χ0n) is 20.2. The fourth-order valence-electron chi connectivity index (χ4n) is 4.08. The topological polar surface area (TPSA) is 120 Å². The minimum atomic E-state index is -0.546. The van der Waals surface area contributed by atoms with Crippen LogP contribution >= 0.6 is 0 Å². The van der Waals surface area contributed by atoms with Crippen LogP contribution < -0.4 is 32.3 Å². The molecule has 3 atom stereocenters. The predicted octanol–water partition coefficient (Wildman–Crippen LogP) is 1.07. The van der Waals surface area contributed by atoms with Gasteiger partial charge in [0.1, 0.15) is 6.04 Å². The van der Waals surface area contributed by atoms with Gasteiger partial charge in [-0.15, -0.1) is 0 Å². The molecule has 1 aliphatic carbocycles. The number of nitrogens with two attached hydrogens (primary N) is 1. The van der Waals surface area contributed by atoms with E-state index in [1.54, 1.807) is 0 Å². The van der Waals surface area contributed by atoms with Gasteiger partial charge in [0.15, 0.2) is 0 Å². The number of nitrogens with one attached hydrogen (secondary N) is 5. The van der Waals surface area contributed by atoms with E-state index in [0.717, 1.165) is 70.4 Å². The van der Waals surface area contributed by atoms with Crippen molar-refractivity contribution in [2.45, 2.75) is 64.0 Å². The molecule has 2 unspecified atom stereocenters. The Bertz CT molecular complexity index is 676.